The van der Waals surface area contributed by atoms with Crippen molar-refractivity contribution in [1.29, 1.82) is 5.26 Å². The molecule has 12 rings (SSSR count). The van der Waals surface area contributed by atoms with Crippen molar-refractivity contribution >= 4 is 43.6 Å². The van der Waals surface area contributed by atoms with Crippen LogP contribution in [0.1, 0.15) is 16.7 Å². The highest BCUT2D eigenvalue weighted by Gasteiger charge is 2.43. The van der Waals surface area contributed by atoms with Gasteiger partial charge in [0.1, 0.15) is 0 Å². The molecule has 72 heavy (non-hydrogen) atoms. The van der Waals surface area contributed by atoms with Crippen LogP contribution in [0.4, 0.5) is 26.3 Å². The summed E-state index contributed by atoms with van der Waals surface area (Å²) >= 11 is 0. The highest BCUT2D eigenvalue weighted by atomic mass is 19.4. The molecule has 0 unspecified atom stereocenters. The van der Waals surface area contributed by atoms with Crippen molar-refractivity contribution in [2.24, 2.45) is 0 Å². The molecule has 0 saturated heterocycles. The second-order valence-corrected chi connectivity index (χ2v) is 16.6. The van der Waals surface area contributed by atoms with E-state index in [1.165, 1.54) is 12.1 Å². The van der Waals surface area contributed by atoms with Crippen molar-refractivity contribution in [1.82, 2.24) is 49.0 Å². The van der Waals surface area contributed by atoms with Gasteiger partial charge in [0.25, 0.3) is 0 Å². The molecule has 0 atom stereocenters. The third-order valence-electron chi connectivity index (χ3n) is 12.5. The Hall–Kier alpha value is -9.69. The first-order valence-electron chi connectivity index (χ1n) is 22.1. The van der Waals surface area contributed by atoms with E-state index in [-0.39, 0.29) is 16.9 Å². The fourth-order valence-electron chi connectivity index (χ4n) is 9.49. The summed E-state index contributed by atoms with van der Waals surface area (Å²) in [7, 11) is 0. The van der Waals surface area contributed by atoms with Crippen LogP contribution in [0.15, 0.2) is 177 Å². The predicted octanol–water partition coefficient (Wildman–Crippen LogP) is 13.3. The molecule has 12 aromatic rings. The van der Waals surface area contributed by atoms with E-state index < -0.39 is 34.6 Å². The Bertz CT molecular complexity index is 3690. The average molecular weight is 958 g/mol. The Morgan fingerprint density at radius 1 is 0.361 bits per heavy atom. The first-order chi connectivity index (χ1) is 34.9. The molecule has 0 aliphatic carbocycles. The zero-order valence-corrected chi connectivity index (χ0v) is 36.9. The molecule has 6 aromatic heterocycles. The molecule has 0 bridgehead atoms. The summed E-state index contributed by atoms with van der Waals surface area (Å²) in [5, 5.41) is 13.1. The average Bonchev–Trinajstić information content (AvgIpc) is 3.92. The summed E-state index contributed by atoms with van der Waals surface area (Å²) < 4.78 is 97.7. The highest BCUT2D eigenvalue weighted by molar-refractivity contribution is 6.14. The van der Waals surface area contributed by atoms with Crippen molar-refractivity contribution in [3.8, 4) is 74.1 Å². The second kappa shape index (κ2) is 16.8. The fraction of sp³-hybridized carbons (Fsp3) is 0.0364. The van der Waals surface area contributed by atoms with Gasteiger partial charge in [-0.15, -0.1) is 0 Å². The number of hydrogen-bond acceptors (Lipinski definition) is 9. The van der Waals surface area contributed by atoms with Crippen molar-refractivity contribution in [3.63, 3.8) is 0 Å². The molecule has 0 aliphatic rings. The maximum absolute atomic E-state index is 15.7. The molecule has 0 spiro atoms. The van der Waals surface area contributed by atoms with E-state index in [9.17, 15) is 5.26 Å². The molecule has 346 valence electrons. The molecular weight excluding hydrogens is 929 g/mol. The monoisotopic (exact) mass is 957 g/mol. The maximum atomic E-state index is 15.7. The number of hydrogen-bond donors (Lipinski definition) is 0. The lowest BCUT2D eigenvalue weighted by Crippen LogP contribution is -2.16. The molecule has 0 fully saturated rings. The summed E-state index contributed by atoms with van der Waals surface area (Å²) in [6.45, 7) is 0. The number of benzene rings is 6. The van der Waals surface area contributed by atoms with E-state index in [0.29, 0.717) is 101 Å². The predicted molar refractivity (Wildman–Crippen MR) is 259 cm³/mol. The summed E-state index contributed by atoms with van der Waals surface area (Å²) in [5.41, 5.74) is -1.11. The van der Waals surface area contributed by atoms with E-state index in [1.807, 2.05) is 24.3 Å². The number of nitriles is 1. The van der Waals surface area contributed by atoms with Crippen LogP contribution in [0.2, 0.25) is 0 Å². The number of nitrogens with zero attached hydrogens (tertiary/aromatic N) is 11. The van der Waals surface area contributed by atoms with Gasteiger partial charge >= 0.3 is 12.4 Å². The van der Waals surface area contributed by atoms with Crippen LogP contribution in [0.25, 0.3) is 112 Å². The standard InChI is InChI=1S/C55H29F6N11/c56-54(57,58)40-6-1-7-41(55(59,60)61)48(40)49-46(71-42-12-8-32(50-63-16-2-17-64-50)26-36(42)37-27-33(9-13-43(37)71)51-65-18-3-19-66-51)24-31(30-62)25-47(49)72-44-14-10-34(52-67-20-4-21-68-52)28-38(44)39-29-35(11-15-45(39)72)53-69-22-5-23-70-53/h1-29H. The molecule has 17 heteroatoms. The van der Waals surface area contributed by atoms with Crippen LogP contribution < -0.4 is 0 Å². The smallest absolute Gasteiger partial charge is 0.308 e. The van der Waals surface area contributed by atoms with Gasteiger partial charge in [-0.3, -0.25) is 0 Å². The van der Waals surface area contributed by atoms with Crippen molar-refractivity contribution < 1.29 is 26.3 Å². The van der Waals surface area contributed by atoms with Gasteiger partial charge in [0.15, 0.2) is 23.3 Å². The quantitative estimate of drug-likeness (QED) is 0.143. The van der Waals surface area contributed by atoms with Crippen LogP contribution in [0.5, 0.6) is 0 Å². The summed E-state index contributed by atoms with van der Waals surface area (Å²) in [6.07, 6.45) is 2.06. The van der Waals surface area contributed by atoms with E-state index in [0.717, 1.165) is 6.07 Å². The molecular formula is C55H29F6N11. The molecule has 6 aromatic carbocycles. The lowest BCUT2D eigenvalue weighted by molar-refractivity contribution is -0.142. The summed E-state index contributed by atoms with van der Waals surface area (Å²) in [4.78, 5) is 35.5. The molecule has 0 saturated carbocycles. The number of alkyl halides is 6. The SMILES string of the molecule is N#Cc1cc(-n2c3ccc(-c4ncccn4)cc3c3cc(-c4ncccn4)ccc32)c(-c2c(C(F)(F)F)cccc2C(F)(F)F)c(-n2c3ccc(-c4ncccn4)cc3c3cc(-c4ncccn4)ccc32)c1. The molecule has 0 N–H and O–H groups in total. The van der Waals surface area contributed by atoms with Crippen molar-refractivity contribution in [3.05, 3.63) is 194 Å². The largest absolute Gasteiger partial charge is 0.417 e. The van der Waals surface area contributed by atoms with Gasteiger partial charge in [-0.2, -0.15) is 31.6 Å². The normalized spacial score (nSPS) is 12.0. The topological polar surface area (TPSA) is 137 Å². The van der Waals surface area contributed by atoms with Crippen LogP contribution in [-0.4, -0.2) is 49.0 Å². The minimum Gasteiger partial charge on any atom is -0.308 e. The van der Waals surface area contributed by atoms with E-state index >= 15 is 26.3 Å². The zero-order chi connectivity index (χ0) is 49.3. The molecule has 0 radical (unpaired) electrons. The Balaban J connectivity index is 1.26. The fourth-order valence-corrected chi connectivity index (χ4v) is 9.49. The van der Waals surface area contributed by atoms with Crippen LogP contribution in [0.3, 0.4) is 0 Å². The first-order valence-corrected chi connectivity index (χ1v) is 22.1. The van der Waals surface area contributed by atoms with Gasteiger partial charge < -0.3 is 9.13 Å². The number of aromatic nitrogens is 10. The third-order valence-corrected chi connectivity index (χ3v) is 12.5. The lowest BCUT2D eigenvalue weighted by Gasteiger charge is -2.25. The molecule has 11 nitrogen and oxygen atoms in total. The Morgan fingerprint density at radius 3 is 0.917 bits per heavy atom. The number of rotatable bonds is 7. The Kier molecular flexibility index (Phi) is 10.2. The second-order valence-electron chi connectivity index (χ2n) is 16.6. The van der Waals surface area contributed by atoms with Gasteiger partial charge in [0.2, 0.25) is 0 Å². The van der Waals surface area contributed by atoms with Gasteiger partial charge in [0.05, 0.1) is 56.2 Å². The number of fused-ring (bicyclic) bond motifs is 6. The van der Waals surface area contributed by atoms with E-state index in [4.69, 9.17) is 0 Å². The molecule has 0 amide bonds. The summed E-state index contributed by atoms with van der Waals surface area (Å²) in [5.74, 6) is 1.51. The lowest BCUT2D eigenvalue weighted by atomic mass is 9.89. The third kappa shape index (κ3) is 7.31. The number of halogens is 6. The van der Waals surface area contributed by atoms with Crippen LogP contribution in [0, 0.1) is 11.3 Å². The van der Waals surface area contributed by atoms with Crippen molar-refractivity contribution in [2.45, 2.75) is 12.4 Å². The van der Waals surface area contributed by atoms with E-state index in [1.54, 1.807) is 132 Å². The summed E-state index contributed by atoms with van der Waals surface area (Å²) in [6, 6.07) is 34.5. The van der Waals surface area contributed by atoms with Gasteiger partial charge in [0, 0.05) is 105 Å². The van der Waals surface area contributed by atoms with Crippen LogP contribution in [-0.2, 0) is 12.4 Å². The minimum atomic E-state index is -5.30. The highest BCUT2D eigenvalue weighted by Crippen LogP contribution is 2.51. The van der Waals surface area contributed by atoms with Crippen LogP contribution >= 0.6 is 0 Å². The van der Waals surface area contributed by atoms with Gasteiger partial charge in [-0.05, 0) is 121 Å². The molecule has 0 aliphatic heterocycles. The minimum absolute atomic E-state index is 0.0565. The van der Waals surface area contributed by atoms with Gasteiger partial charge in [-0.1, -0.05) is 6.07 Å². The first kappa shape index (κ1) is 43.6. The zero-order valence-electron chi connectivity index (χ0n) is 36.9. The van der Waals surface area contributed by atoms with E-state index in [2.05, 4.69) is 45.9 Å². The Labute approximate surface area is 403 Å². The molecule has 6 heterocycles. The van der Waals surface area contributed by atoms with Crippen molar-refractivity contribution in [2.75, 3.05) is 0 Å². The Morgan fingerprint density at radius 2 is 0.653 bits per heavy atom. The van der Waals surface area contributed by atoms with Gasteiger partial charge in [-0.25, -0.2) is 39.9 Å². The maximum Gasteiger partial charge on any atom is 0.417 e.